The van der Waals surface area contributed by atoms with E-state index in [0.29, 0.717) is 13.2 Å². The van der Waals surface area contributed by atoms with Crippen LogP contribution in [0.1, 0.15) is 17.1 Å². The fourth-order valence-corrected chi connectivity index (χ4v) is 1.24. The molecule has 1 heterocycles. The molecule has 0 aliphatic carbocycles. The van der Waals surface area contributed by atoms with Crippen LogP contribution in [0.4, 0.5) is 0 Å². The Morgan fingerprint density at radius 3 is 3.07 bits per heavy atom. The molecule has 0 bridgehead atoms. The summed E-state index contributed by atoms with van der Waals surface area (Å²) in [5, 5.41) is 3.05. The van der Waals surface area contributed by atoms with Crippen molar-refractivity contribution in [1.82, 2.24) is 5.32 Å². The first-order valence-corrected chi connectivity index (χ1v) is 4.69. The van der Waals surface area contributed by atoms with Gasteiger partial charge < -0.3 is 14.5 Å². The average molecular weight is 195 g/mol. The molecular weight excluding hydrogens is 178 g/mol. The molecule has 1 aromatic rings. The third kappa shape index (κ3) is 3.01. The minimum atomic E-state index is 0.510. The van der Waals surface area contributed by atoms with Crippen molar-refractivity contribution in [3.63, 3.8) is 0 Å². The van der Waals surface area contributed by atoms with Gasteiger partial charge in [-0.3, -0.25) is 0 Å². The first kappa shape index (κ1) is 11.0. The molecule has 78 valence electrons. The summed E-state index contributed by atoms with van der Waals surface area (Å²) in [5.41, 5.74) is 1.16. The summed E-state index contributed by atoms with van der Waals surface area (Å²) >= 11 is 0. The van der Waals surface area contributed by atoms with Crippen molar-refractivity contribution in [3.8, 4) is 0 Å². The lowest BCUT2D eigenvalue weighted by Crippen LogP contribution is -2.04. The molecule has 1 rings (SSSR count). The molecule has 0 aromatic carbocycles. The van der Waals surface area contributed by atoms with Gasteiger partial charge in [0.15, 0.2) is 0 Å². The minimum Gasteiger partial charge on any atom is -0.462 e. The van der Waals surface area contributed by atoms with Crippen LogP contribution in [-0.4, -0.2) is 13.7 Å². The van der Waals surface area contributed by atoms with Gasteiger partial charge in [-0.05, 0) is 25.6 Å². The number of hydrogen-bond acceptors (Lipinski definition) is 3. The Labute approximate surface area is 84.8 Å². The summed E-state index contributed by atoms with van der Waals surface area (Å²) in [4.78, 5) is 0. The van der Waals surface area contributed by atoms with Gasteiger partial charge in [0, 0.05) is 0 Å². The maximum Gasteiger partial charge on any atom is 0.130 e. The number of hydrogen-bond donors (Lipinski definition) is 1. The number of rotatable bonds is 6. The molecule has 0 fully saturated rings. The van der Waals surface area contributed by atoms with Gasteiger partial charge in [0.05, 0.1) is 13.2 Å². The second kappa shape index (κ2) is 5.62. The third-order valence-corrected chi connectivity index (χ3v) is 1.89. The third-order valence-electron chi connectivity index (χ3n) is 1.89. The maximum atomic E-state index is 5.58. The SMILES string of the molecule is C=CCOCc1cc(C)c(CNC)o1. The van der Waals surface area contributed by atoms with Gasteiger partial charge >= 0.3 is 0 Å². The van der Waals surface area contributed by atoms with Crippen molar-refractivity contribution in [3.05, 3.63) is 35.8 Å². The second-order valence-corrected chi connectivity index (χ2v) is 3.15. The van der Waals surface area contributed by atoms with E-state index in [1.54, 1.807) is 6.08 Å². The van der Waals surface area contributed by atoms with E-state index in [0.717, 1.165) is 23.6 Å². The molecular formula is C11H17NO2. The van der Waals surface area contributed by atoms with Gasteiger partial charge in [0.25, 0.3) is 0 Å². The molecule has 3 nitrogen and oxygen atoms in total. The van der Waals surface area contributed by atoms with Gasteiger partial charge in [0.1, 0.15) is 18.1 Å². The molecule has 0 radical (unpaired) electrons. The highest BCUT2D eigenvalue weighted by Gasteiger charge is 2.05. The molecule has 3 heteroatoms. The molecule has 0 aliphatic heterocycles. The summed E-state index contributed by atoms with van der Waals surface area (Å²) in [6, 6.07) is 2.01. The Kier molecular flexibility index (Phi) is 4.43. The van der Waals surface area contributed by atoms with Crippen LogP contribution in [0.5, 0.6) is 0 Å². The summed E-state index contributed by atoms with van der Waals surface area (Å²) in [5.74, 6) is 1.85. The smallest absolute Gasteiger partial charge is 0.130 e. The van der Waals surface area contributed by atoms with E-state index >= 15 is 0 Å². The van der Waals surface area contributed by atoms with Crippen LogP contribution in [0.2, 0.25) is 0 Å². The molecule has 0 atom stereocenters. The topological polar surface area (TPSA) is 34.4 Å². The first-order valence-electron chi connectivity index (χ1n) is 4.69. The van der Waals surface area contributed by atoms with E-state index in [1.807, 2.05) is 20.0 Å². The molecule has 1 N–H and O–H groups in total. The highest BCUT2D eigenvalue weighted by Crippen LogP contribution is 2.15. The number of furan rings is 1. The predicted molar refractivity (Wildman–Crippen MR) is 56.1 cm³/mol. The second-order valence-electron chi connectivity index (χ2n) is 3.15. The zero-order chi connectivity index (χ0) is 10.4. The largest absolute Gasteiger partial charge is 0.462 e. The standard InChI is InChI=1S/C11H17NO2/c1-4-5-13-8-10-6-9(2)11(14-10)7-12-3/h4,6,12H,1,5,7-8H2,2-3H3. The molecule has 0 spiro atoms. The van der Waals surface area contributed by atoms with E-state index in [-0.39, 0.29) is 0 Å². The number of ether oxygens (including phenoxy) is 1. The van der Waals surface area contributed by atoms with Crippen LogP contribution in [0.15, 0.2) is 23.1 Å². The fourth-order valence-electron chi connectivity index (χ4n) is 1.24. The van der Waals surface area contributed by atoms with Crippen LogP contribution < -0.4 is 5.32 Å². The van der Waals surface area contributed by atoms with Crippen LogP contribution in [-0.2, 0) is 17.9 Å². The van der Waals surface area contributed by atoms with Crippen LogP contribution in [0, 0.1) is 6.92 Å². The van der Waals surface area contributed by atoms with Crippen molar-refractivity contribution in [1.29, 1.82) is 0 Å². The Morgan fingerprint density at radius 2 is 2.43 bits per heavy atom. The Bertz CT molecular complexity index is 291. The number of nitrogens with one attached hydrogen (secondary N) is 1. The average Bonchev–Trinajstić information content (AvgIpc) is 2.49. The Morgan fingerprint density at radius 1 is 1.64 bits per heavy atom. The van der Waals surface area contributed by atoms with E-state index in [2.05, 4.69) is 11.9 Å². The molecule has 0 aliphatic rings. The minimum absolute atomic E-state index is 0.510. The molecule has 0 amide bonds. The predicted octanol–water partition coefficient (Wildman–Crippen LogP) is 2.01. The quantitative estimate of drug-likeness (QED) is 0.557. The Hall–Kier alpha value is -1.06. The van der Waals surface area contributed by atoms with E-state index in [9.17, 15) is 0 Å². The van der Waals surface area contributed by atoms with Gasteiger partial charge in [0.2, 0.25) is 0 Å². The van der Waals surface area contributed by atoms with Gasteiger partial charge in [-0.2, -0.15) is 0 Å². The molecule has 0 unspecified atom stereocenters. The summed E-state index contributed by atoms with van der Waals surface area (Å²) in [7, 11) is 1.90. The zero-order valence-corrected chi connectivity index (χ0v) is 8.80. The fraction of sp³-hybridized carbons (Fsp3) is 0.455. The molecule has 14 heavy (non-hydrogen) atoms. The van der Waals surface area contributed by atoms with Crippen molar-refractivity contribution < 1.29 is 9.15 Å². The lowest BCUT2D eigenvalue weighted by Gasteiger charge is -1.97. The van der Waals surface area contributed by atoms with Crippen LogP contribution in [0.25, 0.3) is 0 Å². The number of aryl methyl sites for hydroxylation is 1. The lowest BCUT2D eigenvalue weighted by atomic mass is 10.2. The molecule has 0 saturated carbocycles. The van der Waals surface area contributed by atoms with Crippen LogP contribution >= 0.6 is 0 Å². The normalized spacial score (nSPS) is 10.4. The summed E-state index contributed by atoms with van der Waals surface area (Å²) < 4.78 is 10.9. The van der Waals surface area contributed by atoms with Crippen molar-refractivity contribution in [2.45, 2.75) is 20.1 Å². The summed E-state index contributed by atoms with van der Waals surface area (Å²) in [6.07, 6.45) is 1.73. The monoisotopic (exact) mass is 195 g/mol. The van der Waals surface area contributed by atoms with E-state index in [4.69, 9.17) is 9.15 Å². The van der Waals surface area contributed by atoms with Gasteiger partial charge in [-0.25, -0.2) is 0 Å². The van der Waals surface area contributed by atoms with Crippen molar-refractivity contribution in [2.75, 3.05) is 13.7 Å². The molecule has 0 saturated heterocycles. The maximum absolute atomic E-state index is 5.58. The Balaban J connectivity index is 2.52. The van der Waals surface area contributed by atoms with Gasteiger partial charge in [-0.15, -0.1) is 6.58 Å². The van der Waals surface area contributed by atoms with Gasteiger partial charge in [-0.1, -0.05) is 6.08 Å². The van der Waals surface area contributed by atoms with E-state index in [1.165, 1.54) is 0 Å². The highest BCUT2D eigenvalue weighted by atomic mass is 16.5. The zero-order valence-electron chi connectivity index (χ0n) is 8.80. The summed E-state index contributed by atoms with van der Waals surface area (Å²) in [6.45, 7) is 7.44. The highest BCUT2D eigenvalue weighted by molar-refractivity contribution is 5.19. The van der Waals surface area contributed by atoms with Crippen LogP contribution in [0.3, 0.4) is 0 Å². The van der Waals surface area contributed by atoms with Crippen molar-refractivity contribution in [2.24, 2.45) is 0 Å². The first-order chi connectivity index (χ1) is 6.77. The van der Waals surface area contributed by atoms with Crippen molar-refractivity contribution >= 4 is 0 Å². The lowest BCUT2D eigenvalue weighted by molar-refractivity contribution is 0.130. The van der Waals surface area contributed by atoms with E-state index < -0.39 is 0 Å². The molecule has 1 aromatic heterocycles.